The lowest BCUT2D eigenvalue weighted by Gasteiger charge is -2.34. The highest BCUT2D eigenvalue weighted by Gasteiger charge is 2.21. The number of rotatable bonds is 5. The van der Waals surface area contributed by atoms with Gasteiger partial charge in [-0.1, -0.05) is 60.2 Å². The topological polar surface area (TPSA) is 32.8 Å². The van der Waals surface area contributed by atoms with Crippen LogP contribution in [0.3, 0.4) is 0 Å². The lowest BCUT2D eigenvalue weighted by Crippen LogP contribution is -2.49. The minimum atomic E-state index is 0.0605. The minimum absolute atomic E-state index is 0.0605. The third-order valence-electron chi connectivity index (χ3n) is 5.38. The largest absolute Gasteiger partial charge is 0.484 e. The molecule has 144 valence electrons. The third-order valence-corrected chi connectivity index (χ3v) is 5.38. The van der Waals surface area contributed by atoms with Crippen molar-refractivity contribution in [1.82, 2.24) is 9.80 Å². The maximum atomic E-state index is 12.5. The van der Waals surface area contributed by atoms with Crippen LogP contribution in [0.5, 0.6) is 5.75 Å². The molecule has 4 nitrogen and oxygen atoms in total. The Labute approximate surface area is 166 Å². The summed E-state index contributed by atoms with van der Waals surface area (Å²) in [5, 5.41) is 2.59. The molecule has 3 aromatic carbocycles. The predicted molar refractivity (Wildman–Crippen MR) is 112 cm³/mol. The van der Waals surface area contributed by atoms with E-state index in [-0.39, 0.29) is 12.5 Å². The number of carbonyl (C=O) groups is 1. The lowest BCUT2D eigenvalue weighted by molar-refractivity contribution is -0.135. The monoisotopic (exact) mass is 374 g/mol. The van der Waals surface area contributed by atoms with Crippen molar-refractivity contribution in [2.24, 2.45) is 0 Å². The molecule has 1 aliphatic heterocycles. The second-order valence-electron chi connectivity index (χ2n) is 7.40. The SMILES string of the molecule is Cc1ccc(OCC(=O)N2CCN(Cc3cccc4ccccc34)CC2)cc1. The van der Waals surface area contributed by atoms with Gasteiger partial charge in [-0.05, 0) is 35.4 Å². The molecule has 1 amide bonds. The molecule has 1 aliphatic rings. The number of aryl methyl sites for hydroxylation is 1. The first-order chi connectivity index (χ1) is 13.7. The Balaban J connectivity index is 1.29. The van der Waals surface area contributed by atoms with Crippen molar-refractivity contribution in [3.8, 4) is 5.75 Å². The number of benzene rings is 3. The molecule has 1 fully saturated rings. The van der Waals surface area contributed by atoms with E-state index in [1.54, 1.807) is 0 Å². The summed E-state index contributed by atoms with van der Waals surface area (Å²) in [4.78, 5) is 16.8. The van der Waals surface area contributed by atoms with Crippen molar-refractivity contribution in [2.75, 3.05) is 32.8 Å². The molecule has 0 aromatic heterocycles. The van der Waals surface area contributed by atoms with Gasteiger partial charge in [-0.3, -0.25) is 9.69 Å². The summed E-state index contributed by atoms with van der Waals surface area (Å²) in [6.45, 7) is 6.34. The van der Waals surface area contributed by atoms with E-state index in [0.29, 0.717) is 0 Å². The standard InChI is InChI=1S/C24H26N2O2/c1-19-9-11-22(12-10-19)28-18-24(27)26-15-13-25(14-16-26)17-21-7-4-6-20-5-2-3-8-23(20)21/h2-12H,13-18H2,1H3. The molecule has 0 saturated carbocycles. The lowest BCUT2D eigenvalue weighted by atomic mass is 10.0. The van der Waals surface area contributed by atoms with Gasteiger partial charge in [0.05, 0.1) is 0 Å². The van der Waals surface area contributed by atoms with Crippen molar-refractivity contribution >= 4 is 16.7 Å². The van der Waals surface area contributed by atoms with Gasteiger partial charge in [0.2, 0.25) is 0 Å². The van der Waals surface area contributed by atoms with Gasteiger partial charge >= 0.3 is 0 Å². The first-order valence-electron chi connectivity index (χ1n) is 9.85. The molecule has 0 aliphatic carbocycles. The van der Waals surface area contributed by atoms with Crippen molar-refractivity contribution in [3.05, 3.63) is 77.9 Å². The molecule has 0 unspecified atom stereocenters. The van der Waals surface area contributed by atoms with Crippen LogP contribution >= 0.6 is 0 Å². The second-order valence-corrected chi connectivity index (χ2v) is 7.40. The number of nitrogens with zero attached hydrogens (tertiary/aromatic N) is 2. The maximum absolute atomic E-state index is 12.5. The Kier molecular flexibility index (Phi) is 5.58. The van der Waals surface area contributed by atoms with Crippen molar-refractivity contribution in [2.45, 2.75) is 13.5 Å². The van der Waals surface area contributed by atoms with Gasteiger partial charge in [0.15, 0.2) is 6.61 Å². The Morgan fingerprint density at radius 3 is 2.39 bits per heavy atom. The van der Waals surface area contributed by atoms with Gasteiger partial charge in [-0.25, -0.2) is 0 Å². The number of amides is 1. The fourth-order valence-corrected chi connectivity index (χ4v) is 3.70. The van der Waals surface area contributed by atoms with Gasteiger partial charge in [0, 0.05) is 32.7 Å². The molecular formula is C24H26N2O2. The van der Waals surface area contributed by atoms with E-state index >= 15 is 0 Å². The molecule has 1 saturated heterocycles. The Morgan fingerprint density at radius 2 is 1.61 bits per heavy atom. The zero-order valence-electron chi connectivity index (χ0n) is 16.3. The second kappa shape index (κ2) is 8.44. The van der Waals surface area contributed by atoms with Crippen LogP contribution in [0.15, 0.2) is 66.7 Å². The Morgan fingerprint density at radius 1 is 0.893 bits per heavy atom. The fourth-order valence-electron chi connectivity index (χ4n) is 3.70. The minimum Gasteiger partial charge on any atom is -0.484 e. The van der Waals surface area contributed by atoms with E-state index in [0.717, 1.165) is 38.5 Å². The van der Waals surface area contributed by atoms with Crippen LogP contribution in [0.2, 0.25) is 0 Å². The highest BCUT2D eigenvalue weighted by molar-refractivity contribution is 5.85. The van der Waals surface area contributed by atoms with Crippen molar-refractivity contribution in [3.63, 3.8) is 0 Å². The summed E-state index contributed by atoms with van der Waals surface area (Å²) in [5.41, 5.74) is 2.53. The first kappa shape index (κ1) is 18.5. The average Bonchev–Trinajstić information content (AvgIpc) is 2.74. The molecule has 28 heavy (non-hydrogen) atoms. The van der Waals surface area contributed by atoms with Crippen LogP contribution < -0.4 is 4.74 Å². The molecule has 0 spiro atoms. The highest BCUT2D eigenvalue weighted by atomic mass is 16.5. The van der Waals surface area contributed by atoms with Crippen molar-refractivity contribution in [1.29, 1.82) is 0 Å². The van der Waals surface area contributed by atoms with Crippen LogP contribution in [-0.2, 0) is 11.3 Å². The molecule has 0 radical (unpaired) electrons. The van der Waals surface area contributed by atoms with E-state index in [2.05, 4.69) is 47.4 Å². The molecule has 4 rings (SSSR count). The number of hydrogen-bond donors (Lipinski definition) is 0. The molecule has 4 heteroatoms. The predicted octanol–water partition coefficient (Wildman–Crippen LogP) is 3.87. The summed E-state index contributed by atoms with van der Waals surface area (Å²) >= 11 is 0. The molecule has 1 heterocycles. The smallest absolute Gasteiger partial charge is 0.260 e. The van der Waals surface area contributed by atoms with Crippen LogP contribution in [0.4, 0.5) is 0 Å². The number of carbonyl (C=O) groups excluding carboxylic acids is 1. The average molecular weight is 374 g/mol. The van der Waals surface area contributed by atoms with E-state index < -0.39 is 0 Å². The van der Waals surface area contributed by atoms with Crippen LogP contribution in [0.1, 0.15) is 11.1 Å². The number of ether oxygens (including phenoxy) is 1. The fraction of sp³-hybridized carbons (Fsp3) is 0.292. The van der Waals surface area contributed by atoms with Crippen LogP contribution in [0.25, 0.3) is 10.8 Å². The zero-order chi connectivity index (χ0) is 19.3. The number of fused-ring (bicyclic) bond motifs is 1. The van der Waals surface area contributed by atoms with E-state index in [1.807, 2.05) is 36.1 Å². The summed E-state index contributed by atoms with van der Waals surface area (Å²) in [6.07, 6.45) is 0. The summed E-state index contributed by atoms with van der Waals surface area (Å²) in [5.74, 6) is 0.805. The Hall–Kier alpha value is -2.85. The number of piperazine rings is 1. The highest BCUT2D eigenvalue weighted by Crippen LogP contribution is 2.20. The van der Waals surface area contributed by atoms with E-state index in [1.165, 1.54) is 21.9 Å². The van der Waals surface area contributed by atoms with Crippen LogP contribution in [-0.4, -0.2) is 48.5 Å². The maximum Gasteiger partial charge on any atom is 0.260 e. The molecular weight excluding hydrogens is 348 g/mol. The van der Waals surface area contributed by atoms with E-state index in [9.17, 15) is 4.79 Å². The van der Waals surface area contributed by atoms with Gasteiger partial charge in [-0.2, -0.15) is 0 Å². The van der Waals surface area contributed by atoms with Gasteiger partial charge in [0.1, 0.15) is 5.75 Å². The van der Waals surface area contributed by atoms with Crippen LogP contribution in [0, 0.1) is 6.92 Å². The first-order valence-corrected chi connectivity index (χ1v) is 9.85. The van der Waals surface area contributed by atoms with Gasteiger partial charge < -0.3 is 9.64 Å². The van der Waals surface area contributed by atoms with Gasteiger partial charge in [0.25, 0.3) is 5.91 Å². The summed E-state index contributed by atoms with van der Waals surface area (Å²) in [6, 6.07) is 22.8. The Bertz CT molecular complexity index is 939. The summed E-state index contributed by atoms with van der Waals surface area (Å²) < 4.78 is 5.64. The molecule has 3 aromatic rings. The molecule has 0 bridgehead atoms. The molecule has 0 atom stereocenters. The van der Waals surface area contributed by atoms with Crippen molar-refractivity contribution < 1.29 is 9.53 Å². The number of hydrogen-bond acceptors (Lipinski definition) is 3. The molecule has 0 N–H and O–H groups in total. The summed E-state index contributed by atoms with van der Waals surface area (Å²) in [7, 11) is 0. The quantitative estimate of drug-likeness (QED) is 0.680. The zero-order valence-corrected chi connectivity index (χ0v) is 16.3. The third kappa shape index (κ3) is 4.34. The normalized spacial score (nSPS) is 15.0. The van der Waals surface area contributed by atoms with E-state index in [4.69, 9.17) is 4.74 Å². The van der Waals surface area contributed by atoms with Gasteiger partial charge in [-0.15, -0.1) is 0 Å².